The molecule has 118 valence electrons. The highest BCUT2D eigenvalue weighted by molar-refractivity contribution is 5.92. The van der Waals surface area contributed by atoms with Crippen LogP contribution in [0.1, 0.15) is 37.2 Å². The lowest BCUT2D eigenvalue weighted by Gasteiger charge is -2.21. The van der Waals surface area contributed by atoms with E-state index in [0.29, 0.717) is 12.2 Å². The highest BCUT2D eigenvalue weighted by atomic mass is 16.2. The summed E-state index contributed by atoms with van der Waals surface area (Å²) in [4.78, 5) is 20.7. The van der Waals surface area contributed by atoms with E-state index in [9.17, 15) is 4.79 Å². The average Bonchev–Trinajstić information content (AvgIpc) is 2.49. The molecule has 0 bridgehead atoms. The first-order valence-electron chi connectivity index (χ1n) is 7.72. The summed E-state index contributed by atoms with van der Waals surface area (Å²) in [7, 11) is 4.09. The van der Waals surface area contributed by atoms with Crippen LogP contribution in [0.3, 0.4) is 0 Å². The number of carbonyl (C=O) groups is 1. The summed E-state index contributed by atoms with van der Waals surface area (Å²) in [5.74, 6) is 0.0123. The monoisotopic (exact) mass is 292 g/mol. The Bertz CT molecular complexity index is 417. The largest absolute Gasteiger partial charge is 0.384 e. The number of nitrogens with zero attached hydrogens (tertiary/aromatic N) is 3. The van der Waals surface area contributed by atoms with Gasteiger partial charge in [-0.3, -0.25) is 4.79 Å². The highest BCUT2D eigenvalue weighted by Gasteiger charge is 2.15. The minimum atomic E-state index is 0.0123. The van der Waals surface area contributed by atoms with Crippen LogP contribution in [0.25, 0.3) is 0 Å². The molecule has 0 unspecified atom stereocenters. The number of pyridine rings is 1. The van der Waals surface area contributed by atoms with Gasteiger partial charge in [-0.2, -0.15) is 0 Å². The molecule has 0 radical (unpaired) electrons. The van der Waals surface area contributed by atoms with Gasteiger partial charge in [0.15, 0.2) is 0 Å². The minimum Gasteiger partial charge on any atom is -0.384 e. The lowest BCUT2D eigenvalue weighted by molar-refractivity contribution is 0.0753. The Hall–Kier alpha value is -1.62. The van der Waals surface area contributed by atoms with Crippen molar-refractivity contribution in [1.82, 2.24) is 14.8 Å². The van der Waals surface area contributed by atoms with Gasteiger partial charge in [0.2, 0.25) is 0 Å². The highest BCUT2D eigenvalue weighted by Crippen LogP contribution is 2.09. The number of anilines is 1. The maximum absolute atomic E-state index is 12.4. The summed E-state index contributed by atoms with van der Waals surface area (Å²) in [6.45, 7) is 7.50. The van der Waals surface area contributed by atoms with Crippen LogP contribution in [0.5, 0.6) is 0 Å². The molecule has 0 spiro atoms. The fraction of sp³-hybridized carbons (Fsp3) is 0.625. The number of aromatic nitrogens is 1. The van der Waals surface area contributed by atoms with Crippen molar-refractivity contribution in [2.75, 3.05) is 45.6 Å². The van der Waals surface area contributed by atoms with E-state index in [0.717, 1.165) is 38.2 Å². The van der Waals surface area contributed by atoms with Crippen molar-refractivity contribution >= 4 is 11.6 Å². The third-order valence-corrected chi connectivity index (χ3v) is 3.26. The molecule has 0 aliphatic rings. The molecule has 1 N–H and O–H groups in total. The van der Waals surface area contributed by atoms with Crippen LogP contribution in [0.2, 0.25) is 0 Å². The topological polar surface area (TPSA) is 48.5 Å². The molecule has 0 aliphatic carbocycles. The van der Waals surface area contributed by atoms with E-state index in [1.165, 1.54) is 0 Å². The third-order valence-electron chi connectivity index (χ3n) is 3.26. The molecular weight excluding hydrogens is 264 g/mol. The van der Waals surface area contributed by atoms with Gasteiger partial charge in [0, 0.05) is 19.6 Å². The lowest BCUT2D eigenvalue weighted by atomic mass is 10.2. The van der Waals surface area contributed by atoms with Crippen LogP contribution in [0, 0.1) is 0 Å². The standard InChI is InChI=1S/C16H28N4O/c1-5-10-17-14-8-9-15(18-13-14)16(21)20(6-2)12-7-11-19(3)4/h8-9,13,17H,5-7,10-12H2,1-4H3. The first-order valence-corrected chi connectivity index (χ1v) is 7.72. The van der Waals surface area contributed by atoms with Crippen LogP contribution in [-0.2, 0) is 0 Å². The van der Waals surface area contributed by atoms with Crippen molar-refractivity contribution in [2.24, 2.45) is 0 Å². The van der Waals surface area contributed by atoms with Gasteiger partial charge in [-0.25, -0.2) is 4.98 Å². The second-order valence-corrected chi connectivity index (χ2v) is 5.40. The first-order chi connectivity index (χ1) is 10.1. The van der Waals surface area contributed by atoms with Crippen molar-refractivity contribution in [3.63, 3.8) is 0 Å². The lowest BCUT2D eigenvalue weighted by Crippen LogP contribution is -2.33. The van der Waals surface area contributed by atoms with Gasteiger partial charge in [0.05, 0.1) is 11.9 Å². The Morgan fingerprint density at radius 3 is 2.52 bits per heavy atom. The SMILES string of the molecule is CCCNc1ccc(C(=O)N(CC)CCCN(C)C)nc1. The number of amides is 1. The van der Waals surface area contributed by atoms with E-state index in [-0.39, 0.29) is 5.91 Å². The van der Waals surface area contributed by atoms with Gasteiger partial charge in [-0.05, 0) is 52.5 Å². The van der Waals surface area contributed by atoms with Crippen LogP contribution in [0.4, 0.5) is 5.69 Å². The first kappa shape index (κ1) is 17.4. The Balaban J connectivity index is 2.58. The molecule has 21 heavy (non-hydrogen) atoms. The molecule has 5 heteroatoms. The second kappa shape index (κ2) is 9.34. The predicted octanol–water partition coefficient (Wildman–Crippen LogP) is 2.32. The zero-order valence-corrected chi connectivity index (χ0v) is 13.7. The molecule has 5 nitrogen and oxygen atoms in total. The molecule has 1 heterocycles. The summed E-state index contributed by atoms with van der Waals surface area (Å²) in [5, 5.41) is 3.26. The van der Waals surface area contributed by atoms with Crippen LogP contribution in [-0.4, -0.2) is 61.0 Å². The number of hydrogen-bond donors (Lipinski definition) is 1. The van der Waals surface area contributed by atoms with Crippen LogP contribution >= 0.6 is 0 Å². The zero-order chi connectivity index (χ0) is 15.7. The second-order valence-electron chi connectivity index (χ2n) is 5.40. The molecule has 0 aliphatic heterocycles. The van der Waals surface area contributed by atoms with Crippen molar-refractivity contribution in [1.29, 1.82) is 0 Å². The Kier molecular flexibility index (Phi) is 7.75. The average molecular weight is 292 g/mol. The number of rotatable bonds is 9. The minimum absolute atomic E-state index is 0.0123. The number of carbonyl (C=O) groups excluding carboxylic acids is 1. The maximum atomic E-state index is 12.4. The molecule has 1 aromatic heterocycles. The Labute approximate surface area is 128 Å². The predicted molar refractivity (Wildman–Crippen MR) is 87.8 cm³/mol. The molecule has 1 aromatic rings. The fourth-order valence-electron chi connectivity index (χ4n) is 2.04. The van der Waals surface area contributed by atoms with E-state index in [4.69, 9.17) is 0 Å². The van der Waals surface area contributed by atoms with E-state index < -0.39 is 0 Å². The van der Waals surface area contributed by atoms with Crippen molar-refractivity contribution in [2.45, 2.75) is 26.7 Å². The third kappa shape index (κ3) is 6.12. The van der Waals surface area contributed by atoms with E-state index in [1.54, 1.807) is 12.3 Å². The zero-order valence-electron chi connectivity index (χ0n) is 13.7. The molecule has 0 saturated carbocycles. The van der Waals surface area contributed by atoms with Gasteiger partial charge < -0.3 is 15.1 Å². The smallest absolute Gasteiger partial charge is 0.272 e. The fourth-order valence-corrected chi connectivity index (χ4v) is 2.04. The van der Waals surface area contributed by atoms with Crippen molar-refractivity contribution in [3.05, 3.63) is 24.0 Å². The number of hydrogen-bond acceptors (Lipinski definition) is 4. The summed E-state index contributed by atoms with van der Waals surface area (Å²) >= 11 is 0. The molecule has 1 amide bonds. The molecular formula is C16H28N4O. The number of nitrogens with one attached hydrogen (secondary N) is 1. The molecule has 0 saturated heterocycles. The molecule has 0 aromatic carbocycles. The van der Waals surface area contributed by atoms with Gasteiger partial charge in [-0.1, -0.05) is 6.92 Å². The molecule has 1 rings (SSSR count). The quantitative estimate of drug-likeness (QED) is 0.759. The van der Waals surface area contributed by atoms with Crippen molar-refractivity contribution < 1.29 is 4.79 Å². The maximum Gasteiger partial charge on any atom is 0.272 e. The Morgan fingerprint density at radius 1 is 1.24 bits per heavy atom. The molecule has 0 atom stereocenters. The van der Waals surface area contributed by atoms with E-state index in [2.05, 4.69) is 22.1 Å². The molecule has 0 fully saturated rings. The summed E-state index contributed by atoms with van der Waals surface area (Å²) in [6, 6.07) is 3.72. The van der Waals surface area contributed by atoms with Gasteiger partial charge in [0.25, 0.3) is 5.91 Å². The van der Waals surface area contributed by atoms with Crippen LogP contribution in [0.15, 0.2) is 18.3 Å². The summed E-state index contributed by atoms with van der Waals surface area (Å²) < 4.78 is 0. The Morgan fingerprint density at radius 2 is 2.00 bits per heavy atom. The van der Waals surface area contributed by atoms with Crippen LogP contribution < -0.4 is 5.32 Å². The van der Waals surface area contributed by atoms with Gasteiger partial charge in [-0.15, -0.1) is 0 Å². The van der Waals surface area contributed by atoms with E-state index >= 15 is 0 Å². The van der Waals surface area contributed by atoms with Crippen molar-refractivity contribution in [3.8, 4) is 0 Å². The van der Waals surface area contributed by atoms with E-state index in [1.807, 2.05) is 32.0 Å². The normalized spacial score (nSPS) is 10.7. The van der Waals surface area contributed by atoms with Gasteiger partial charge in [0.1, 0.15) is 5.69 Å². The van der Waals surface area contributed by atoms with Gasteiger partial charge >= 0.3 is 0 Å². The summed E-state index contributed by atoms with van der Waals surface area (Å²) in [5.41, 5.74) is 1.48. The summed E-state index contributed by atoms with van der Waals surface area (Å²) in [6.07, 6.45) is 3.77.